The van der Waals surface area contributed by atoms with Crippen LogP contribution in [0.25, 0.3) is 32.8 Å². The second kappa shape index (κ2) is 14.5. The van der Waals surface area contributed by atoms with Gasteiger partial charge in [0.25, 0.3) is 0 Å². The zero-order valence-corrected chi connectivity index (χ0v) is 33.2. The van der Waals surface area contributed by atoms with Gasteiger partial charge in [0.1, 0.15) is 31.0 Å². The monoisotopic (exact) mass is 760 g/mol. The summed E-state index contributed by atoms with van der Waals surface area (Å²) >= 11 is 0. The number of aromatic hydroxyl groups is 1. The lowest BCUT2D eigenvalue weighted by atomic mass is 9.70. The lowest BCUT2D eigenvalue weighted by Gasteiger charge is -2.39. The average Bonchev–Trinajstić information content (AvgIpc) is 3.45. The van der Waals surface area contributed by atoms with Gasteiger partial charge in [0, 0.05) is 41.5 Å². The Morgan fingerprint density at radius 1 is 0.963 bits per heavy atom. The van der Waals surface area contributed by atoms with Gasteiger partial charge < -0.3 is 29.9 Å². The molecule has 2 atom stereocenters. The molecule has 2 saturated heterocycles. The van der Waals surface area contributed by atoms with Crippen molar-refractivity contribution in [3.05, 3.63) is 47.3 Å². The van der Waals surface area contributed by atoms with Crippen molar-refractivity contribution in [3.8, 4) is 40.1 Å². The van der Waals surface area contributed by atoms with Crippen LogP contribution in [0.15, 0.2) is 24.3 Å². The number of hydrogen-bond donors (Lipinski definition) is 3. The van der Waals surface area contributed by atoms with Crippen LogP contribution in [-0.2, 0) is 0 Å². The van der Waals surface area contributed by atoms with Crippen LogP contribution in [0.1, 0.15) is 79.2 Å². The maximum absolute atomic E-state index is 17.5. The van der Waals surface area contributed by atoms with Crippen molar-refractivity contribution in [2.75, 3.05) is 38.3 Å². The molecule has 1 aliphatic carbocycles. The van der Waals surface area contributed by atoms with E-state index in [1.165, 1.54) is 31.4 Å². The van der Waals surface area contributed by atoms with Crippen LogP contribution in [0.2, 0.25) is 16.6 Å². The van der Waals surface area contributed by atoms with Crippen molar-refractivity contribution in [2.24, 2.45) is 5.41 Å². The molecule has 3 heterocycles. The predicted octanol–water partition coefficient (Wildman–Crippen LogP) is 8.63. The number of halogens is 3. The number of rotatable bonds is 10. The first-order chi connectivity index (χ1) is 25.7. The van der Waals surface area contributed by atoms with E-state index in [4.69, 9.17) is 14.5 Å². The highest BCUT2D eigenvalue weighted by molar-refractivity contribution is 6.90. The maximum atomic E-state index is 17.5. The molecular weight excluding hydrogens is 710 g/mol. The van der Waals surface area contributed by atoms with Crippen molar-refractivity contribution in [3.63, 3.8) is 0 Å². The normalized spacial score (nSPS) is 19.5. The van der Waals surface area contributed by atoms with E-state index < -0.39 is 36.5 Å². The molecule has 8 nitrogen and oxygen atoms in total. The van der Waals surface area contributed by atoms with Gasteiger partial charge in [-0.05, 0) is 65.9 Å². The Kier molecular flexibility index (Phi) is 10.3. The summed E-state index contributed by atoms with van der Waals surface area (Å²) in [5.41, 5.74) is 3.10. The third-order valence-electron chi connectivity index (χ3n) is 12.5. The van der Waals surface area contributed by atoms with E-state index in [9.17, 15) is 10.2 Å². The van der Waals surface area contributed by atoms with Crippen LogP contribution < -0.4 is 19.7 Å². The highest BCUT2D eigenvalue weighted by atomic mass is 28.3. The van der Waals surface area contributed by atoms with Gasteiger partial charge >= 0.3 is 6.01 Å². The summed E-state index contributed by atoms with van der Waals surface area (Å²) in [5, 5.41) is 25.3. The van der Waals surface area contributed by atoms with Crippen LogP contribution in [0.5, 0.6) is 17.5 Å². The van der Waals surface area contributed by atoms with Crippen molar-refractivity contribution in [1.29, 1.82) is 0 Å². The fourth-order valence-electron chi connectivity index (χ4n) is 9.52. The minimum absolute atomic E-state index is 0.0117. The van der Waals surface area contributed by atoms with E-state index in [1.807, 2.05) is 4.90 Å². The van der Waals surface area contributed by atoms with Gasteiger partial charge in [0.2, 0.25) is 0 Å². The maximum Gasteiger partial charge on any atom is 0.319 e. The van der Waals surface area contributed by atoms with Crippen LogP contribution in [0, 0.1) is 34.3 Å². The number of phenolic OH excluding ortho intramolecular Hbond substituents is 1. The van der Waals surface area contributed by atoms with Gasteiger partial charge in [0.15, 0.2) is 17.4 Å². The van der Waals surface area contributed by atoms with E-state index in [1.54, 1.807) is 0 Å². The van der Waals surface area contributed by atoms with Crippen molar-refractivity contribution < 1.29 is 32.9 Å². The van der Waals surface area contributed by atoms with Gasteiger partial charge in [-0.3, -0.25) is 0 Å². The molecule has 1 aromatic heterocycles. The van der Waals surface area contributed by atoms with E-state index in [0.29, 0.717) is 18.5 Å². The third kappa shape index (κ3) is 6.36. The Morgan fingerprint density at radius 2 is 1.63 bits per heavy atom. The molecule has 4 aromatic rings. The first-order valence-electron chi connectivity index (χ1n) is 19.2. The molecule has 288 valence electrons. The Bertz CT molecular complexity index is 2120. The first kappa shape index (κ1) is 38.2. The van der Waals surface area contributed by atoms with Crippen LogP contribution >= 0.6 is 0 Å². The van der Waals surface area contributed by atoms with Gasteiger partial charge in [-0.15, -0.1) is 5.54 Å². The number of aliphatic hydroxyl groups is 1. The minimum atomic E-state index is -2.36. The molecule has 12 heteroatoms. The average molecular weight is 761 g/mol. The molecule has 0 spiro atoms. The molecule has 2 aliphatic heterocycles. The Labute approximate surface area is 316 Å². The topological polar surface area (TPSA) is 100.0 Å². The molecule has 1 saturated carbocycles. The summed E-state index contributed by atoms with van der Waals surface area (Å²) in [6.45, 7) is 14.1. The van der Waals surface area contributed by atoms with Crippen LogP contribution in [0.4, 0.5) is 19.0 Å². The summed E-state index contributed by atoms with van der Waals surface area (Å²) in [7, 11) is -1.05. The van der Waals surface area contributed by atoms with Gasteiger partial charge in [0.05, 0.1) is 36.8 Å². The minimum Gasteiger partial charge on any atom is -0.508 e. The van der Waals surface area contributed by atoms with Crippen molar-refractivity contribution >= 4 is 35.6 Å². The fourth-order valence-corrected chi connectivity index (χ4v) is 14.7. The number of ether oxygens (including phenoxy) is 2. The first-order valence-corrected chi connectivity index (χ1v) is 21.5. The molecule has 0 radical (unpaired) electrons. The van der Waals surface area contributed by atoms with Crippen LogP contribution in [0.3, 0.4) is 0 Å². The van der Waals surface area contributed by atoms with E-state index >= 15 is 13.2 Å². The number of aliphatic hydroxyl groups excluding tert-OH is 1. The zero-order chi connectivity index (χ0) is 38.7. The molecule has 0 unspecified atom stereocenters. The number of anilines is 1. The third-order valence-corrected chi connectivity index (χ3v) is 18.8. The summed E-state index contributed by atoms with van der Waals surface area (Å²) in [4.78, 5) is 11.3. The van der Waals surface area contributed by atoms with Crippen LogP contribution in [-0.4, -0.2) is 73.8 Å². The lowest BCUT2D eigenvalue weighted by molar-refractivity contribution is -0.00263. The molecule has 2 bridgehead atoms. The molecule has 54 heavy (non-hydrogen) atoms. The predicted molar refractivity (Wildman–Crippen MR) is 210 cm³/mol. The SMILES string of the molecule is COc1c(F)c(-c2cc(O)cc3ccc(F)c(C#C[Si](C(C)C)(C(C)C)C(C)C)c23)c(F)c2nc(OCC3(CO)CCC3)nc(N3C[C@H]4CC[C@@H](C3)N4)c12. The number of benzene rings is 3. The number of nitrogens with one attached hydrogen (secondary N) is 1. The Morgan fingerprint density at radius 3 is 2.20 bits per heavy atom. The van der Waals surface area contributed by atoms with Gasteiger partial charge in [-0.25, -0.2) is 13.2 Å². The number of fused-ring (bicyclic) bond motifs is 4. The second-order valence-corrected chi connectivity index (χ2v) is 22.2. The highest BCUT2D eigenvalue weighted by Crippen LogP contribution is 2.48. The lowest BCUT2D eigenvalue weighted by Crippen LogP contribution is -2.51. The number of piperazine rings is 1. The van der Waals surface area contributed by atoms with Gasteiger partial charge in [-0.2, -0.15) is 9.97 Å². The number of aromatic nitrogens is 2. The molecule has 7 rings (SSSR count). The van der Waals surface area contributed by atoms with E-state index in [-0.39, 0.29) is 92.7 Å². The molecule has 0 amide bonds. The molecule has 3 aromatic carbocycles. The summed E-state index contributed by atoms with van der Waals surface area (Å²) in [6, 6.07) is 5.71. The summed E-state index contributed by atoms with van der Waals surface area (Å²) < 4.78 is 62.7. The molecular formula is C42H51F3N4O4Si. The van der Waals surface area contributed by atoms with Gasteiger partial charge in [-0.1, -0.05) is 60.0 Å². The summed E-state index contributed by atoms with van der Waals surface area (Å²) in [5.74, 6) is 0.276. The number of hydrogen-bond acceptors (Lipinski definition) is 8. The smallest absolute Gasteiger partial charge is 0.319 e. The molecule has 3 N–H and O–H groups in total. The van der Waals surface area contributed by atoms with Crippen molar-refractivity contribution in [1.82, 2.24) is 15.3 Å². The number of phenols is 1. The Balaban J connectivity index is 1.50. The number of methoxy groups -OCH3 is 1. The van der Waals surface area contributed by atoms with Crippen molar-refractivity contribution in [2.45, 2.75) is 102 Å². The zero-order valence-electron chi connectivity index (χ0n) is 32.2. The molecule has 3 aliphatic rings. The quantitative estimate of drug-likeness (QED) is 0.109. The van der Waals surface area contributed by atoms with E-state index in [0.717, 1.165) is 32.1 Å². The standard InChI is InChI=1S/C42H51F3N4O4Si/c1-23(2)54(24(3)4,25(5)6)16-13-30-32(43)12-9-26-17-29(51)18-31(33(26)30)34-36(44)38-35(39(52-7)37(34)45)40(49-19-27-10-11-28(20-49)46-27)48-41(47-38)53-22-42(21-50)14-8-15-42/h9,12,17-18,23-25,27-28,46,50-51H,8,10-11,14-15,19-22H2,1-7H3/t27-,28+. The van der Waals surface area contributed by atoms with E-state index in [2.05, 4.69) is 63.3 Å². The highest BCUT2D eigenvalue weighted by Gasteiger charge is 2.42. The molecule has 3 fully saturated rings. The summed E-state index contributed by atoms with van der Waals surface area (Å²) in [6.07, 6.45) is 4.47. The Hall–Kier alpha value is -4.05. The second-order valence-electron chi connectivity index (χ2n) is 16.6. The largest absolute Gasteiger partial charge is 0.508 e. The fraction of sp³-hybridized carbons (Fsp3) is 0.524. The number of nitrogens with zero attached hydrogens (tertiary/aromatic N) is 3.